The third-order valence-electron chi connectivity index (χ3n) is 6.27. The van der Waals surface area contributed by atoms with Crippen LogP contribution in [0.2, 0.25) is 0 Å². The summed E-state index contributed by atoms with van der Waals surface area (Å²) in [5, 5.41) is 10.9. The summed E-state index contributed by atoms with van der Waals surface area (Å²) >= 11 is 0. The van der Waals surface area contributed by atoms with Gasteiger partial charge in [-0.25, -0.2) is 19.2 Å². The summed E-state index contributed by atoms with van der Waals surface area (Å²) in [5.41, 5.74) is 7.93. The number of benzene rings is 2. The monoisotopic (exact) mass is 514 g/mol. The van der Waals surface area contributed by atoms with Gasteiger partial charge in [0.15, 0.2) is 0 Å². The zero-order chi connectivity index (χ0) is 27.0. The zero-order valence-electron chi connectivity index (χ0n) is 21.3. The Morgan fingerprint density at radius 3 is 2.61 bits per heavy atom. The van der Waals surface area contributed by atoms with E-state index in [1.807, 2.05) is 37.5 Å². The Bertz CT molecular complexity index is 1550. The average Bonchev–Trinajstić information content (AvgIpc) is 3.47. The Hall–Kier alpha value is -4.65. The van der Waals surface area contributed by atoms with Crippen molar-refractivity contribution < 1.29 is 18.7 Å². The summed E-state index contributed by atoms with van der Waals surface area (Å²) in [6.07, 6.45) is 1.61. The van der Waals surface area contributed by atoms with Crippen LogP contribution in [0.3, 0.4) is 0 Å². The minimum Gasteiger partial charge on any atom is -0.457 e. The predicted octanol–water partition coefficient (Wildman–Crippen LogP) is 5.67. The highest BCUT2D eigenvalue weighted by Crippen LogP contribution is 2.40. The molecule has 9 nitrogen and oxygen atoms in total. The molecule has 0 aliphatic carbocycles. The highest BCUT2D eigenvalue weighted by Gasteiger charge is 2.34. The number of carbonyl (C=O) groups excluding carboxylic acids is 1. The van der Waals surface area contributed by atoms with E-state index in [-0.39, 0.29) is 11.9 Å². The number of ether oxygens (including phenoxy) is 2. The van der Waals surface area contributed by atoms with Gasteiger partial charge in [-0.3, -0.25) is 0 Å². The fourth-order valence-corrected chi connectivity index (χ4v) is 4.70. The lowest BCUT2D eigenvalue weighted by atomic mass is 10.0. The summed E-state index contributed by atoms with van der Waals surface area (Å²) in [4.78, 5) is 23.0. The molecule has 0 unspecified atom stereocenters. The van der Waals surface area contributed by atoms with E-state index < -0.39 is 17.5 Å². The molecule has 0 radical (unpaired) electrons. The molecule has 1 aliphatic rings. The van der Waals surface area contributed by atoms with Crippen molar-refractivity contribution in [2.24, 2.45) is 0 Å². The molecule has 2 aromatic heterocycles. The highest BCUT2D eigenvalue weighted by atomic mass is 19.1. The first-order valence-corrected chi connectivity index (χ1v) is 12.2. The topological polar surface area (TPSA) is 119 Å². The molecule has 4 aromatic rings. The first-order chi connectivity index (χ1) is 18.1. The van der Waals surface area contributed by atoms with Gasteiger partial charge in [0, 0.05) is 24.7 Å². The van der Waals surface area contributed by atoms with Gasteiger partial charge < -0.3 is 24.7 Å². The number of halogens is 1. The summed E-state index contributed by atoms with van der Waals surface area (Å²) < 4.78 is 26.7. The molecule has 38 heavy (non-hydrogen) atoms. The lowest BCUT2D eigenvalue weighted by Crippen LogP contribution is -2.35. The number of likely N-dealkylation sites (tertiary alicyclic amines) is 1. The second-order valence-corrected chi connectivity index (χ2v) is 10.1. The molecule has 1 saturated heterocycles. The van der Waals surface area contributed by atoms with E-state index in [9.17, 15) is 14.4 Å². The van der Waals surface area contributed by atoms with Crippen molar-refractivity contribution >= 4 is 22.9 Å². The fourth-order valence-electron chi connectivity index (χ4n) is 4.70. The number of nitrogen functional groups attached to an aromatic ring is 1. The smallest absolute Gasteiger partial charge is 0.410 e. The van der Waals surface area contributed by atoms with Gasteiger partial charge in [0.2, 0.25) is 0 Å². The maximum Gasteiger partial charge on any atom is 0.410 e. The van der Waals surface area contributed by atoms with E-state index in [2.05, 4.69) is 16.0 Å². The number of carbonyl (C=O) groups is 1. The van der Waals surface area contributed by atoms with Crippen molar-refractivity contribution in [2.75, 3.05) is 18.8 Å². The summed E-state index contributed by atoms with van der Waals surface area (Å²) in [7, 11) is 0. The standard InChI is InChI=1S/C28H27FN6O3/c1-28(2,3)38-27(36)34-12-11-19(15-34)35-22(14-30)23(24-25(31)32-16-33-26(24)35)17-7-9-20(10-8-17)37-21-6-4-5-18(29)13-21/h4-10,13,16,19H,11-12,15H2,1-3H3,(H2,31,32,33)/t19-/m1/s1. The fraction of sp³-hybridized carbons (Fsp3) is 0.286. The number of nitrogens with zero attached hydrogens (tertiary/aromatic N) is 5. The summed E-state index contributed by atoms with van der Waals surface area (Å²) in [5.74, 6) is 0.746. The van der Waals surface area contributed by atoms with Gasteiger partial charge in [-0.2, -0.15) is 5.26 Å². The molecule has 0 spiro atoms. The number of nitriles is 1. The molecule has 10 heteroatoms. The Kier molecular flexibility index (Phi) is 6.36. The van der Waals surface area contributed by atoms with Crippen molar-refractivity contribution in [1.82, 2.24) is 19.4 Å². The van der Waals surface area contributed by atoms with E-state index in [1.54, 1.807) is 29.2 Å². The SMILES string of the molecule is CC(C)(C)OC(=O)N1CC[C@@H](n2c(C#N)c(-c3ccc(Oc4cccc(F)c4)cc3)c3c(N)ncnc32)C1. The largest absolute Gasteiger partial charge is 0.457 e. The van der Waals surface area contributed by atoms with Gasteiger partial charge in [0.1, 0.15) is 52.5 Å². The predicted molar refractivity (Wildman–Crippen MR) is 140 cm³/mol. The Balaban J connectivity index is 1.52. The molecule has 194 valence electrons. The maximum atomic E-state index is 13.5. The molecule has 1 atom stereocenters. The summed E-state index contributed by atoms with van der Waals surface area (Å²) in [6, 6.07) is 15.1. The maximum absolute atomic E-state index is 13.5. The Labute approximate surface area is 219 Å². The van der Waals surface area contributed by atoms with Crippen LogP contribution in [-0.4, -0.2) is 44.2 Å². The molecule has 0 saturated carbocycles. The van der Waals surface area contributed by atoms with Gasteiger partial charge in [0.25, 0.3) is 0 Å². The number of fused-ring (bicyclic) bond motifs is 1. The van der Waals surface area contributed by atoms with Crippen LogP contribution in [-0.2, 0) is 4.74 Å². The van der Waals surface area contributed by atoms with Crippen LogP contribution in [0.4, 0.5) is 15.0 Å². The first kappa shape index (κ1) is 25.0. The van der Waals surface area contributed by atoms with Crippen LogP contribution in [0.15, 0.2) is 54.9 Å². The van der Waals surface area contributed by atoms with E-state index >= 15 is 0 Å². The number of hydrogen-bond donors (Lipinski definition) is 1. The van der Waals surface area contributed by atoms with Gasteiger partial charge >= 0.3 is 6.09 Å². The molecule has 1 fully saturated rings. The lowest BCUT2D eigenvalue weighted by Gasteiger charge is -2.24. The van der Waals surface area contributed by atoms with Crippen molar-refractivity contribution in [1.29, 1.82) is 5.26 Å². The zero-order valence-corrected chi connectivity index (χ0v) is 21.3. The molecule has 2 N–H and O–H groups in total. The molecule has 1 amide bonds. The molecule has 2 aromatic carbocycles. The molecule has 0 bridgehead atoms. The normalized spacial score (nSPS) is 15.4. The minimum atomic E-state index is -0.605. The van der Waals surface area contributed by atoms with E-state index in [1.165, 1.54) is 18.5 Å². The second-order valence-electron chi connectivity index (χ2n) is 10.1. The second kappa shape index (κ2) is 9.67. The van der Waals surface area contributed by atoms with Crippen molar-refractivity contribution in [3.05, 3.63) is 66.4 Å². The van der Waals surface area contributed by atoms with Gasteiger partial charge in [-0.05, 0) is 57.0 Å². The van der Waals surface area contributed by atoms with Crippen LogP contribution in [0.25, 0.3) is 22.2 Å². The van der Waals surface area contributed by atoms with E-state index in [0.717, 1.165) is 5.56 Å². The van der Waals surface area contributed by atoms with E-state index in [0.29, 0.717) is 53.3 Å². The lowest BCUT2D eigenvalue weighted by molar-refractivity contribution is 0.0289. The number of nitrogens with two attached hydrogens (primary N) is 1. The molecule has 1 aliphatic heterocycles. The van der Waals surface area contributed by atoms with E-state index in [4.69, 9.17) is 15.2 Å². The first-order valence-electron chi connectivity index (χ1n) is 12.2. The van der Waals surface area contributed by atoms with Crippen LogP contribution in [0.1, 0.15) is 38.9 Å². The number of amides is 1. The number of aromatic nitrogens is 3. The van der Waals surface area contributed by atoms with Crippen LogP contribution >= 0.6 is 0 Å². The van der Waals surface area contributed by atoms with Crippen LogP contribution < -0.4 is 10.5 Å². The molecular formula is C28H27FN6O3. The van der Waals surface area contributed by atoms with Crippen molar-refractivity contribution in [3.63, 3.8) is 0 Å². The number of rotatable bonds is 4. The third-order valence-corrected chi connectivity index (χ3v) is 6.27. The molecule has 5 rings (SSSR count). The van der Waals surface area contributed by atoms with Gasteiger partial charge in [-0.15, -0.1) is 0 Å². The average molecular weight is 515 g/mol. The van der Waals surface area contributed by atoms with Crippen molar-refractivity contribution in [2.45, 2.75) is 38.8 Å². The Morgan fingerprint density at radius 2 is 1.92 bits per heavy atom. The van der Waals surface area contributed by atoms with Gasteiger partial charge in [0.05, 0.1) is 11.4 Å². The van der Waals surface area contributed by atoms with Crippen molar-refractivity contribution in [3.8, 4) is 28.7 Å². The van der Waals surface area contributed by atoms with Gasteiger partial charge in [-0.1, -0.05) is 18.2 Å². The summed E-state index contributed by atoms with van der Waals surface area (Å²) in [6.45, 7) is 6.34. The van der Waals surface area contributed by atoms with Crippen LogP contribution in [0, 0.1) is 17.1 Å². The minimum absolute atomic E-state index is 0.196. The quantitative estimate of drug-likeness (QED) is 0.373. The highest BCUT2D eigenvalue weighted by molar-refractivity contribution is 6.03. The van der Waals surface area contributed by atoms with Crippen LogP contribution in [0.5, 0.6) is 11.5 Å². The third kappa shape index (κ3) is 4.83. The number of hydrogen-bond acceptors (Lipinski definition) is 7. The molecule has 3 heterocycles. The molecular weight excluding hydrogens is 487 g/mol. The number of anilines is 1. The Morgan fingerprint density at radius 1 is 1.16 bits per heavy atom.